The Hall–Kier alpha value is -1.91. The summed E-state index contributed by atoms with van der Waals surface area (Å²) in [5, 5.41) is 13.0. The fourth-order valence-corrected chi connectivity index (χ4v) is 1.45. The molecule has 0 aliphatic carbocycles. The molecule has 0 unspecified atom stereocenters. The van der Waals surface area contributed by atoms with Crippen LogP contribution in [0, 0.1) is 0 Å². The molecule has 0 bridgehead atoms. The molecule has 84 valence electrons. The summed E-state index contributed by atoms with van der Waals surface area (Å²) < 4.78 is 1.33. The minimum Gasteiger partial charge on any atom is -0.477 e. The summed E-state index contributed by atoms with van der Waals surface area (Å²) in [7, 11) is 0. The fraction of sp³-hybridized carbons (Fsp3) is 0.364. The van der Waals surface area contributed by atoms with Crippen LogP contribution in [-0.4, -0.2) is 25.7 Å². The molecule has 2 aromatic rings. The summed E-state index contributed by atoms with van der Waals surface area (Å²) in [5.74, 6) is -0.999. The molecule has 0 aromatic carbocycles. The molecule has 1 N–H and O–H groups in total. The van der Waals surface area contributed by atoms with Gasteiger partial charge in [0.2, 0.25) is 0 Å². The van der Waals surface area contributed by atoms with Crippen LogP contribution >= 0.6 is 0 Å². The van der Waals surface area contributed by atoms with Gasteiger partial charge in [0.1, 0.15) is 0 Å². The van der Waals surface area contributed by atoms with E-state index in [1.54, 1.807) is 18.3 Å². The van der Waals surface area contributed by atoms with Crippen molar-refractivity contribution in [1.82, 2.24) is 14.6 Å². The third-order valence-electron chi connectivity index (χ3n) is 2.35. The number of rotatable bonds is 1. The van der Waals surface area contributed by atoms with Gasteiger partial charge >= 0.3 is 5.97 Å². The van der Waals surface area contributed by atoms with Crippen molar-refractivity contribution in [2.45, 2.75) is 26.2 Å². The van der Waals surface area contributed by atoms with E-state index in [9.17, 15) is 4.79 Å². The Labute approximate surface area is 92.7 Å². The Morgan fingerprint density at radius 1 is 1.44 bits per heavy atom. The first-order valence-corrected chi connectivity index (χ1v) is 4.98. The van der Waals surface area contributed by atoms with Crippen LogP contribution in [-0.2, 0) is 5.41 Å². The van der Waals surface area contributed by atoms with Gasteiger partial charge in [-0.2, -0.15) is 5.10 Å². The molecule has 2 aromatic heterocycles. The van der Waals surface area contributed by atoms with Crippen LogP contribution in [0.4, 0.5) is 0 Å². The highest BCUT2D eigenvalue weighted by atomic mass is 16.4. The van der Waals surface area contributed by atoms with Crippen molar-refractivity contribution in [3.63, 3.8) is 0 Å². The van der Waals surface area contributed by atoms with E-state index in [1.807, 2.05) is 20.8 Å². The average molecular weight is 219 g/mol. The van der Waals surface area contributed by atoms with Gasteiger partial charge in [0.25, 0.3) is 0 Å². The Balaban J connectivity index is 2.76. The highest BCUT2D eigenvalue weighted by Crippen LogP contribution is 2.21. The maximum Gasteiger partial charge on any atom is 0.354 e. The summed E-state index contributed by atoms with van der Waals surface area (Å²) in [6.45, 7) is 5.98. The first-order valence-electron chi connectivity index (χ1n) is 4.98. The molecule has 0 amide bonds. The monoisotopic (exact) mass is 219 g/mol. The number of carboxylic acid groups (broad SMARTS) is 1. The first kappa shape index (κ1) is 10.6. The number of carbonyl (C=O) groups is 1. The SMILES string of the molecule is CC(C)(C)c1cc(C(=O)O)n2nccc2n1. The van der Waals surface area contributed by atoms with Crippen molar-refractivity contribution in [2.75, 3.05) is 0 Å². The fourth-order valence-electron chi connectivity index (χ4n) is 1.45. The molecule has 2 heterocycles. The van der Waals surface area contributed by atoms with Crippen LogP contribution in [0.25, 0.3) is 5.65 Å². The minimum atomic E-state index is -0.999. The molecular weight excluding hydrogens is 206 g/mol. The van der Waals surface area contributed by atoms with Crippen LogP contribution in [0.15, 0.2) is 18.3 Å². The van der Waals surface area contributed by atoms with Crippen LogP contribution in [0.5, 0.6) is 0 Å². The topological polar surface area (TPSA) is 67.5 Å². The van der Waals surface area contributed by atoms with Gasteiger partial charge in [-0.15, -0.1) is 0 Å². The number of hydrogen-bond acceptors (Lipinski definition) is 3. The third kappa shape index (κ3) is 1.64. The van der Waals surface area contributed by atoms with Gasteiger partial charge in [0.05, 0.1) is 11.9 Å². The maximum atomic E-state index is 11.1. The predicted octanol–water partition coefficient (Wildman–Crippen LogP) is 1.72. The van der Waals surface area contributed by atoms with Crippen LogP contribution in [0.2, 0.25) is 0 Å². The molecule has 0 saturated carbocycles. The van der Waals surface area contributed by atoms with Gasteiger partial charge in [-0.05, 0) is 6.07 Å². The lowest BCUT2D eigenvalue weighted by Gasteiger charge is -2.18. The molecule has 0 spiro atoms. The molecule has 2 rings (SSSR count). The van der Waals surface area contributed by atoms with Crippen LogP contribution in [0.1, 0.15) is 37.0 Å². The molecule has 0 radical (unpaired) electrons. The maximum absolute atomic E-state index is 11.1. The number of carboxylic acids is 1. The second-order valence-corrected chi connectivity index (χ2v) is 4.68. The second-order valence-electron chi connectivity index (χ2n) is 4.68. The first-order chi connectivity index (χ1) is 7.39. The number of nitrogens with zero attached hydrogens (tertiary/aromatic N) is 3. The van der Waals surface area contributed by atoms with Gasteiger partial charge in [-0.3, -0.25) is 0 Å². The van der Waals surface area contributed by atoms with E-state index in [0.717, 1.165) is 5.69 Å². The van der Waals surface area contributed by atoms with Crippen LogP contribution in [0.3, 0.4) is 0 Å². The summed E-state index contributed by atoms with van der Waals surface area (Å²) in [6, 6.07) is 3.27. The Morgan fingerprint density at radius 2 is 2.12 bits per heavy atom. The number of fused-ring (bicyclic) bond motifs is 1. The van der Waals surface area contributed by atoms with Crippen molar-refractivity contribution >= 4 is 11.6 Å². The Bertz CT molecular complexity index is 552. The van der Waals surface area contributed by atoms with E-state index < -0.39 is 5.97 Å². The van der Waals surface area contributed by atoms with Gasteiger partial charge in [-0.25, -0.2) is 14.3 Å². The van der Waals surface area contributed by atoms with Crippen molar-refractivity contribution in [2.24, 2.45) is 0 Å². The van der Waals surface area contributed by atoms with Gasteiger partial charge < -0.3 is 5.11 Å². The van der Waals surface area contributed by atoms with Crippen LogP contribution < -0.4 is 0 Å². The summed E-state index contributed by atoms with van der Waals surface area (Å²) in [6.07, 6.45) is 1.54. The highest BCUT2D eigenvalue weighted by molar-refractivity contribution is 5.86. The molecule has 0 fully saturated rings. The normalized spacial score (nSPS) is 11.9. The second kappa shape index (κ2) is 3.30. The van der Waals surface area contributed by atoms with Gasteiger partial charge in [0.15, 0.2) is 11.3 Å². The molecule has 5 nitrogen and oxygen atoms in total. The average Bonchev–Trinajstić information content (AvgIpc) is 2.61. The number of hydrogen-bond donors (Lipinski definition) is 1. The lowest BCUT2D eigenvalue weighted by Crippen LogP contribution is -2.17. The van der Waals surface area contributed by atoms with Crippen molar-refractivity contribution in [3.8, 4) is 0 Å². The lowest BCUT2D eigenvalue weighted by molar-refractivity contribution is 0.0687. The molecule has 16 heavy (non-hydrogen) atoms. The van der Waals surface area contributed by atoms with Gasteiger partial charge in [0, 0.05) is 11.5 Å². The third-order valence-corrected chi connectivity index (χ3v) is 2.35. The molecule has 0 atom stereocenters. The van der Waals surface area contributed by atoms with E-state index in [4.69, 9.17) is 5.11 Å². The van der Waals surface area contributed by atoms with Gasteiger partial charge in [-0.1, -0.05) is 20.8 Å². The zero-order chi connectivity index (χ0) is 11.9. The lowest BCUT2D eigenvalue weighted by atomic mass is 9.91. The molecular formula is C11H13N3O2. The Morgan fingerprint density at radius 3 is 2.69 bits per heavy atom. The minimum absolute atomic E-state index is 0.139. The Kier molecular flexibility index (Phi) is 2.18. The molecule has 0 aliphatic rings. The van der Waals surface area contributed by atoms with Crippen molar-refractivity contribution < 1.29 is 9.90 Å². The molecule has 0 aliphatic heterocycles. The standard InChI is InChI=1S/C11H13N3O2/c1-11(2,3)8-6-7(10(15)16)14-9(13-8)4-5-12-14/h4-6H,1-3H3,(H,15,16). The zero-order valence-corrected chi connectivity index (χ0v) is 9.43. The summed E-state index contributed by atoms with van der Waals surface area (Å²) >= 11 is 0. The number of aromatic nitrogens is 3. The van der Waals surface area contributed by atoms with E-state index in [1.165, 1.54) is 4.52 Å². The van der Waals surface area contributed by atoms with Crippen molar-refractivity contribution in [1.29, 1.82) is 0 Å². The molecule has 5 heteroatoms. The largest absolute Gasteiger partial charge is 0.477 e. The predicted molar refractivity (Wildman–Crippen MR) is 58.6 cm³/mol. The smallest absolute Gasteiger partial charge is 0.354 e. The van der Waals surface area contributed by atoms with Crippen molar-refractivity contribution in [3.05, 3.63) is 29.7 Å². The summed E-state index contributed by atoms with van der Waals surface area (Å²) in [4.78, 5) is 15.5. The molecule has 0 saturated heterocycles. The quantitative estimate of drug-likeness (QED) is 0.793. The van der Waals surface area contributed by atoms with E-state index in [2.05, 4.69) is 10.1 Å². The highest BCUT2D eigenvalue weighted by Gasteiger charge is 2.20. The summed E-state index contributed by atoms with van der Waals surface area (Å²) in [5.41, 5.74) is 1.26. The zero-order valence-electron chi connectivity index (χ0n) is 9.43. The van der Waals surface area contributed by atoms with E-state index >= 15 is 0 Å². The van der Waals surface area contributed by atoms with E-state index in [0.29, 0.717) is 5.65 Å². The number of aromatic carboxylic acids is 1. The van der Waals surface area contributed by atoms with E-state index in [-0.39, 0.29) is 11.1 Å².